The van der Waals surface area contributed by atoms with E-state index in [9.17, 15) is 8.42 Å². The second-order valence-electron chi connectivity index (χ2n) is 3.60. The number of hydrogen-bond donors (Lipinski definition) is 3. The van der Waals surface area contributed by atoms with E-state index in [4.69, 9.17) is 9.52 Å². The maximum absolute atomic E-state index is 11.8. The Morgan fingerprint density at radius 3 is 2.89 bits per heavy atom. The SMILES string of the molecule is O=S(=O)(NCCc1cnc[nH]1)c1ccc(CO)o1. The predicted octanol–water partition coefficient (Wildman–Crippen LogP) is 0.0160. The summed E-state index contributed by atoms with van der Waals surface area (Å²) in [5, 5.41) is 8.60. The van der Waals surface area contributed by atoms with Crippen molar-refractivity contribution in [1.82, 2.24) is 14.7 Å². The molecule has 0 unspecified atom stereocenters. The van der Waals surface area contributed by atoms with Gasteiger partial charge in [-0.2, -0.15) is 0 Å². The zero-order valence-corrected chi connectivity index (χ0v) is 10.3. The van der Waals surface area contributed by atoms with Crippen LogP contribution in [0.5, 0.6) is 0 Å². The molecule has 8 heteroatoms. The van der Waals surface area contributed by atoms with Crippen LogP contribution >= 0.6 is 0 Å². The van der Waals surface area contributed by atoms with E-state index in [0.29, 0.717) is 6.42 Å². The van der Waals surface area contributed by atoms with E-state index in [1.54, 1.807) is 6.20 Å². The minimum absolute atomic E-state index is 0.198. The molecule has 2 aromatic rings. The van der Waals surface area contributed by atoms with E-state index in [1.165, 1.54) is 18.5 Å². The highest BCUT2D eigenvalue weighted by atomic mass is 32.2. The number of H-pyrrole nitrogens is 1. The van der Waals surface area contributed by atoms with Gasteiger partial charge < -0.3 is 14.5 Å². The molecule has 2 rings (SSSR count). The molecule has 2 heterocycles. The molecule has 0 radical (unpaired) electrons. The molecule has 0 atom stereocenters. The molecule has 18 heavy (non-hydrogen) atoms. The third-order valence-corrected chi connectivity index (χ3v) is 3.63. The van der Waals surface area contributed by atoms with Gasteiger partial charge >= 0.3 is 0 Å². The van der Waals surface area contributed by atoms with Crippen LogP contribution in [0.4, 0.5) is 0 Å². The summed E-state index contributed by atoms with van der Waals surface area (Å²) in [5.41, 5.74) is 0.841. The average Bonchev–Trinajstić information content (AvgIpc) is 2.99. The Morgan fingerprint density at radius 2 is 2.28 bits per heavy atom. The Balaban J connectivity index is 1.95. The van der Waals surface area contributed by atoms with Crippen molar-refractivity contribution in [2.75, 3.05) is 6.54 Å². The van der Waals surface area contributed by atoms with Gasteiger partial charge in [0.1, 0.15) is 12.4 Å². The Hall–Kier alpha value is -1.64. The summed E-state index contributed by atoms with van der Waals surface area (Å²) in [6.07, 6.45) is 3.67. The van der Waals surface area contributed by atoms with E-state index >= 15 is 0 Å². The molecule has 0 saturated carbocycles. The average molecular weight is 271 g/mol. The van der Waals surface area contributed by atoms with Crippen molar-refractivity contribution in [3.63, 3.8) is 0 Å². The van der Waals surface area contributed by atoms with E-state index < -0.39 is 10.0 Å². The van der Waals surface area contributed by atoms with E-state index in [-0.39, 0.29) is 24.0 Å². The number of aliphatic hydroxyl groups is 1. The number of aliphatic hydroxyl groups excluding tert-OH is 1. The lowest BCUT2D eigenvalue weighted by Gasteiger charge is -2.02. The second kappa shape index (κ2) is 5.34. The van der Waals surface area contributed by atoms with Crippen LogP contribution in [-0.4, -0.2) is 30.0 Å². The van der Waals surface area contributed by atoms with Crippen molar-refractivity contribution in [2.45, 2.75) is 18.1 Å². The zero-order valence-electron chi connectivity index (χ0n) is 9.46. The molecule has 98 valence electrons. The van der Waals surface area contributed by atoms with Gasteiger partial charge in [0, 0.05) is 24.9 Å². The molecule has 0 aliphatic rings. The van der Waals surface area contributed by atoms with Gasteiger partial charge in [0.05, 0.1) is 6.33 Å². The summed E-state index contributed by atoms with van der Waals surface area (Å²) < 4.78 is 30.9. The third-order valence-electron chi connectivity index (χ3n) is 2.30. The van der Waals surface area contributed by atoms with Crippen LogP contribution in [0.25, 0.3) is 0 Å². The number of aromatic amines is 1. The summed E-state index contributed by atoms with van der Waals surface area (Å²) >= 11 is 0. The fourth-order valence-electron chi connectivity index (χ4n) is 1.40. The molecule has 0 aliphatic carbocycles. The summed E-state index contributed by atoms with van der Waals surface area (Å²) in [5.74, 6) is 0.212. The van der Waals surface area contributed by atoms with Gasteiger partial charge in [-0.05, 0) is 12.1 Å². The van der Waals surface area contributed by atoms with Gasteiger partial charge in [0.15, 0.2) is 0 Å². The summed E-state index contributed by atoms with van der Waals surface area (Å²) in [6, 6.07) is 2.73. The van der Waals surface area contributed by atoms with Crippen molar-refractivity contribution < 1.29 is 17.9 Å². The second-order valence-corrected chi connectivity index (χ2v) is 5.30. The van der Waals surface area contributed by atoms with E-state index in [0.717, 1.165) is 5.69 Å². The number of imidazole rings is 1. The highest BCUT2D eigenvalue weighted by molar-refractivity contribution is 7.89. The fourth-order valence-corrected chi connectivity index (χ4v) is 2.38. The maximum atomic E-state index is 11.8. The molecule has 3 N–H and O–H groups in total. The summed E-state index contributed by atoms with van der Waals surface area (Å²) in [6.45, 7) is -0.0939. The van der Waals surface area contributed by atoms with E-state index in [1.807, 2.05) is 0 Å². The number of nitrogens with one attached hydrogen (secondary N) is 2. The first-order valence-electron chi connectivity index (χ1n) is 5.28. The number of nitrogens with zero attached hydrogens (tertiary/aromatic N) is 1. The van der Waals surface area contributed by atoms with Gasteiger partial charge in [0.2, 0.25) is 5.09 Å². The Labute approximate surface area is 104 Å². The minimum atomic E-state index is -3.66. The molecule has 0 spiro atoms. The highest BCUT2D eigenvalue weighted by Gasteiger charge is 2.17. The van der Waals surface area contributed by atoms with Crippen molar-refractivity contribution in [1.29, 1.82) is 0 Å². The topological polar surface area (TPSA) is 108 Å². The van der Waals surface area contributed by atoms with Gasteiger partial charge in [0.25, 0.3) is 10.0 Å². The molecule has 0 fully saturated rings. The molecular weight excluding hydrogens is 258 g/mol. The summed E-state index contributed by atoms with van der Waals surface area (Å²) in [7, 11) is -3.66. The van der Waals surface area contributed by atoms with Gasteiger partial charge in [-0.15, -0.1) is 0 Å². The van der Waals surface area contributed by atoms with Crippen LogP contribution in [-0.2, 0) is 23.1 Å². The number of hydrogen-bond acceptors (Lipinski definition) is 5. The zero-order chi connectivity index (χ0) is 13.0. The normalized spacial score (nSPS) is 11.8. The summed E-state index contributed by atoms with van der Waals surface area (Å²) in [4.78, 5) is 6.70. The van der Waals surface area contributed by atoms with Crippen LogP contribution in [0, 0.1) is 0 Å². The lowest BCUT2D eigenvalue weighted by atomic mass is 10.3. The van der Waals surface area contributed by atoms with Crippen molar-refractivity contribution >= 4 is 10.0 Å². The predicted molar refractivity (Wildman–Crippen MR) is 62.1 cm³/mol. The van der Waals surface area contributed by atoms with Crippen molar-refractivity contribution in [3.05, 3.63) is 36.1 Å². The van der Waals surface area contributed by atoms with Gasteiger partial charge in [-0.25, -0.2) is 18.1 Å². The molecule has 0 bridgehead atoms. The standard InChI is InChI=1S/C10H13N3O4S/c14-6-9-1-2-10(17-9)18(15,16)13-4-3-8-5-11-7-12-8/h1-2,5,7,13-14H,3-4,6H2,(H,11,12). The molecule has 2 aromatic heterocycles. The fraction of sp³-hybridized carbons (Fsp3) is 0.300. The first-order valence-corrected chi connectivity index (χ1v) is 6.76. The molecule has 0 saturated heterocycles. The lowest BCUT2D eigenvalue weighted by Crippen LogP contribution is -2.25. The molecule has 0 aliphatic heterocycles. The largest absolute Gasteiger partial charge is 0.446 e. The van der Waals surface area contributed by atoms with Gasteiger partial charge in [-0.1, -0.05) is 0 Å². The number of rotatable bonds is 6. The molecular formula is C10H13N3O4S. The molecule has 0 aromatic carbocycles. The Kier molecular flexibility index (Phi) is 3.80. The number of aromatic nitrogens is 2. The first kappa shape index (κ1) is 12.8. The quantitative estimate of drug-likeness (QED) is 0.686. The smallest absolute Gasteiger partial charge is 0.273 e. The van der Waals surface area contributed by atoms with Crippen molar-refractivity contribution in [3.8, 4) is 0 Å². The Bertz CT molecular complexity index is 588. The van der Waals surface area contributed by atoms with Crippen LogP contribution in [0.1, 0.15) is 11.5 Å². The first-order chi connectivity index (χ1) is 8.62. The highest BCUT2D eigenvalue weighted by Crippen LogP contribution is 2.13. The minimum Gasteiger partial charge on any atom is -0.446 e. The number of furan rings is 1. The van der Waals surface area contributed by atoms with Crippen molar-refractivity contribution in [2.24, 2.45) is 0 Å². The van der Waals surface area contributed by atoms with E-state index in [2.05, 4.69) is 14.7 Å². The Morgan fingerprint density at radius 1 is 1.44 bits per heavy atom. The molecule has 0 amide bonds. The van der Waals surface area contributed by atoms with Crippen LogP contribution in [0.15, 0.2) is 34.2 Å². The lowest BCUT2D eigenvalue weighted by molar-refractivity contribution is 0.236. The van der Waals surface area contributed by atoms with Crippen LogP contribution in [0.3, 0.4) is 0 Å². The third kappa shape index (κ3) is 2.97. The van der Waals surface area contributed by atoms with Gasteiger partial charge in [-0.3, -0.25) is 0 Å². The monoisotopic (exact) mass is 271 g/mol. The number of sulfonamides is 1. The van der Waals surface area contributed by atoms with Crippen LogP contribution in [0.2, 0.25) is 0 Å². The van der Waals surface area contributed by atoms with Crippen LogP contribution < -0.4 is 4.72 Å². The maximum Gasteiger partial charge on any atom is 0.273 e. The molecule has 7 nitrogen and oxygen atoms in total.